The van der Waals surface area contributed by atoms with Crippen LogP contribution >= 0.6 is 0 Å². The highest BCUT2D eigenvalue weighted by Gasteiger charge is 2.35. The van der Waals surface area contributed by atoms with Gasteiger partial charge in [0.25, 0.3) is 0 Å². The SMILES string of the molecule is CCC(C)C(N)C(=O)N(Cc1ccncc1)C1CC1. The molecule has 1 aromatic rings. The van der Waals surface area contributed by atoms with Crippen molar-refractivity contribution >= 4 is 5.91 Å². The molecule has 2 rings (SSSR count). The second kappa shape index (κ2) is 6.15. The molecule has 1 fully saturated rings. The Kier molecular flexibility index (Phi) is 4.53. The Morgan fingerprint density at radius 3 is 2.63 bits per heavy atom. The highest BCUT2D eigenvalue weighted by atomic mass is 16.2. The molecule has 2 atom stereocenters. The maximum atomic E-state index is 12.5. The minimum Gasteiger partial charge on any atom is -0.334 e. The van der Waals surface area contributed by atoms with Crippen LogP contribution in [0.15, 0.2) is 24.5 Å². The van der Waals surface area contributed by atoms with E-state index >= 15 is 0 Å². The predicted octanol–water partition coefficient (Wildman–Crippen LogP) is 1.95. The predicted molar refractivity (Wildman–Crippen MR) is 75.2 cm³/mol. The molecule has 2 N–H and O–H groups in total. The van der Waals surface area contributed by atoms with Gasteiger partial charge in [0.05, 0.1) is 6.04 Å². The van der Waals surface area contributed by atoms with E-state index in [9.17, 15) is 4.79 Å². The molecular formula is C15H23N3O. The molecule has 4 heteroatoms. The largest absolute Gasteiger partial charge is 0.334 e. The number of rotatable bonds is 6. The molecule has 0 aromatic carbocycles. The normalized spacial score (nSPS) is 17.8. The first kappa shape index (κ1) is 14.0. The molecule has 19 heavy (non-hydrogen) atoms. The van der Waals surface area contributed by atoms with Gasteiger partial charge in [0.2, 0.25) is 5.91 Å². The summed E-state index contributed by atoms with van der Waals surface area (Å²) >= 11 is 0. The molecule has 1 aliphatic rings. The second-order valence-corrected chi connectivity index (χ2v) is 5.46. The maximum absolute atomic E-state index is 12.5. The monoisotopic (exact) mass is 261 g/mol. The van der Waals surface area contributed by atoms with Crippen LogP contribution in [-0.2, 0) is 11.3 Å². The Bertz CT molecular complexity index is 417. The fourth-order valence-corrected chi connectivity index (χ4v) is 2.15. The van der Waals surface area contributed by atoms with Crippen LogP contribution in [0.5, 0.6) is 0 Å². The Labute approximate surface area is 115 Å². The molecule has 0 saturated heterocycles. The number of aromatic nitrogens is 1. The van der Waals surface area contributed by atoms with Crippen molar-refractivity contribution in [2.45, 2.75) is 51.7 Å². The zero-order chi connectivity index (χ0) is 13.8. The molecule has 0 bridgehead atoms. The van der Waals surface area contributed by atoms with Crippen LogP contribution in [0.25, 0.3) is 0 Å². The summed E-state index contributed by atoms with van der Waals surface area (Å²) in [5, 5.41) is 0. The number of hydrogen-bond donors (Lipinski definition) is 1. The van der Waals surface area contributed by atoms with Gasteiger partial charge in [-0.15, -0.1) is 0 Å². The van der Waals surface area contributed by atoms with E-state index in [2.05, 4.69) is 11.9 Å². The summed E-state index contributed by atoms with van der Waals surface area (Å²) in [6, 6.07) is 3.91. The second-order valence-electron chi connectivity index (χ2n) is 5.46. The van der Waals surface area contributed by atoms with E-state index in [0.717, 1.165) is 24.8 Å². The highest BCUT2D eigenvalue weighted by Crippen LogP contribution is 2.29. The zero-order valence-corrected chi connectivity index (χ0v) is 11.7. The molecular weight excluding hydrogens is 238 g/mol. The molecule has 2 unspecified atom stereocenters. The maximum Gasteiger partial charge on any atom is 0.240 e. The number of carbonyl (C=O) groups is 1. The lowest BCUT2D eigenvalue weighted by molar-refractivity contribution is -0.135. The molecule has 1 aliphatic carbocycles. The molecule has 0 spiro atoms. The van der Waals surface area contributed by atoms with Crippen LogP contribution in [0, 0.1) is 5.92 Å². The number of carbonyl (C=O) groups excluding carboxylic acids is 1. The molecule has 1 heterocycles. The van der Waals surface area contributed by atoms with Crippen LogP contribution in [0.2, 0.25) is 0 Å². The first-order valence-electron chi connectivity index (χ1n) is 7.08. The van der Waals surface area contributed by atoms with Gasteiger partial charge in [-0.25, -0.2) is 0 Å². The van der Waals surface area contributed by atoms with Gasteiger partial charge in [-0.05, 0) is 36.5 Å². The number of nitrogens with two attached hydrogens (primary N) is 1. The average molecular weight is 261 g/mol. The smallest absolute Gasteiger partial charge is 0.240 e. The first-order valence-corrected chi connectivity index (χ1v) is 7.08. The van der Waals surface area contributed by atoms with Crippen LogP contribution in [0.4, 0.5) is 0 Å². The lowest BCUT2D eigenvalue weighted by Gasteiger charge is -2.28. The zero-order valence-electron chi connectivity index (χ0n) is 11.7. The fraction of sp³-hybridized carbons (Fsp3) is 0.600. The van der Waals surface area contributed by atoms with Crippen LogP contribution in [0.1, 0.15) is 38.7 Å². The Morgan fingerprint density at radius 1 is 1.47 bits per heavy atom. The third kappa shape index (κ3) is 3.53. The molecule has 0 radical (unpaired) electrons. The van der Waals surface area contributed by atoms with Gasteiger partial charge < -0.3 is 10.6 Å². The van der Waals surface area contributed by atoms with Crippen LogP contribution < -0.4 is 5.73 Å². The van der Waals surface area contributed by atoms with Gasteiger partial charge in [-0.3, -0.25) is 9.78 Å². The van der Waals surface area contributed by atoms with E-state index in [-0.39, 0.29) is 17.9 Å². The summed E-state index contributed by atoms with van der Waals surface area (Å²) in [7, 11) is 0. The molecule has 104 valence electrons. The van der Waals surface area contributed by atoms with E-state index in [1.54, 1.807) is 12.4 Å². The van der Waals surface area contributed by atoms with Crippen molar-refractivity contribution in [1.82, 2.24) is 9.88 Å². The van der Waals surface area contributed by atoms with E-state index in [1.165, 1.54) is 0 Å². The summed E-state index contributed by atoms with van der Waals surface area (Å²) in [5.41, 5.74) is 7.21. The van der Waals surface area contributed by atoms with Crippen molar-refractivity contribution in [3.8, 4) is 0 Å². The molecule has 1 saturated carbocycles. The van der Waals surface area contributed by atoms with Crippen molar-refractivity contribution in [3.63, 3.8) is 0 Å². The van der Waals surface area contributed by atoms with Crippen LogP contribution in [-0.4, -0.2) is 27.9 Å². The van der Waals surface area contributed by atoms with Gasteiger partial charge in [-0.1, -0.05) is 20.3 Å². The fourth-order valence-electron chi connectivity index (χ4n) is 2.15. The van der Waals surface area contributed by atoms with Crippen molar-refractivity contribution in [3.05, 3.63) is 30.1 Å². The summed E-state index contributed by atoms with van der Waals surface area (Å²) in [6.07, 6.45) is 6.66. The molecule has 0 aliphatic heterocycles. The van der Waals surface area contributed by atoms with Gasteiger partial charge in [0, 0.05) is 25.0 Å². The number of amides is 1. The summed E-state index contributed by atoms with van der Waals surface area (Å²) in [5.74, 6) is 0.319. The number of nitrogens with zero attached hydrogens (tertiary/aromatic N) is 2. The topological polar surface area (TPSA) is 59.2 Å². The average Bonchev–Trinajstić information content (AvgIpc) is 3.28. The molecule has 1 aromatic heterocycles. The quantitative estimate of drug-likeness (QED) is 0.851. The third-order valence-corrected chi connectivity index (χ3v) is 3.92. The Hall–Kier alpha value is -1.42. The number of hydrogen-bond acceptors (Lipinski definition) is 3. The molecule has 4 nitrogen and oxygen atoms in total. The molecule has 1 amide bonds. The van der Waals surface area contributed by atoms with Crippen LogP contribution in [0.3, 0.4) is 0 Å². The minimum absolute atomic E-state index is 0.0914. The minimum atomic E-state index is -0.382. The van der Waals surface area contributed by atoms with E-state index in [1.807, 2.05) is 24.0 Å². The van der Waals surface area contributed by atoms with Crippen molar-refractivity contribution in [2.24, 2.45) is 11.7 Å². The Morgan fingerprint density at radius 2 is 2.11 bits per heavy atom. The summed E-state index contributed by atoms with van der Waals surface area (Å²) < 4.78 is 0. The lowest BCUT2D eigenvalue weighted by Crippen LogP contribution is -2.47. The number of pyridine rings is 1. The third-order valence-electron chi connectivity index (χ3n) is 3.92. The first-order chi connectivity index (χ1) is 9.13. The lowest BCUT2D eigenvalue weighted by atomic mass is 9.98. The van der Waals surface area contributed by atoms with Crippen molar-refractivity contribution < 1.29 is 4.79 Å². The van der Waals surface area contributed by atoms with Gasteiger partial charge in [0.1, 0.15) is 0 Å². The standard InChI is InChI=1S/C15H23N3O/c1-3-11(2)14(16)15(19)18(13-4-5-13)10-12-6-8-17-9-7-12/h6-9,11,13-14H,3-5,10,16H2,1-2H3. The summed E-state index contributed by atoms with van der Waals surface area (Å²) in [4.78, 5) is 18.5. The van der Waals surface area contributed by atoms with E-state index in [4.69, 9.17) is 5.73 Å². The summed E-state index contributed by atoms with van der Waals surface area (Å²) in [6.45, 7) is 4.76. The van der Waals surface area contributed by atoms with E-state index in [0.29, 0.717) is 12.6 Å². The Balaban J connectivity index is 2.06. The van der Waals surface area contributed by atoms with Gasteiger partial charge >= 0.3 is 0 Å². The van der Waals surface area contributed by atoms with Gasteiger partial charge in [-0.2, -0.15) is 0 Å². The van der Waals surface area contributed by atoms with Gasteiger partial charge in [0.15, 0.2) is 0 Å². The highest BCUT2D eigenvalue weighted by molar-refractivity contribution is 5.82. The van der Waals surface area contributed by atoms with E-state index < -0.39 is 0 Å². The van der Waals surface area contributed by atoms with Crippen molar-refractivity contribution in [1.29, 1.82) is 0 Å². The van der Waals surface area contributed by atoms with Crippen molar-refractivity contribution in [2.75, 3.05) is 0 Å².